The number of benzene rings is 1. The summed E-state index contributed by atoms with van der Waals surface area (Å²) in [6.07, 6.45) is 2.72. The van der Waals surface area contributed by atoms with E-state index in [0.29, 0.717) is 0 Å². The molecule has 0 saturated carbocycles. The van der Waals surface area contributed by atoms with E-state index >= 15 is 0 Å². The molecule has 0 radical (unpaired) electrons. The maximum Gasteiger partial charge on any atom is 0.241 e. The van der Waals surface area contributed by atoms with Gasteiger partial charge in [0.1, 0.15) is 5.82 Å². The Hall–Kier alpha value is -1.75. The lowest BCUT2D eigenvalue weighted by molar-refractivity contribution is -0.118. The molecule has 0 spiro atoms. The molecule has 3 rings (SSSR count). The fourth-order valence-electron chi connectivity index (χ4n) is 2.42. The normalized spacial score (nSPS) is 15.8. The van der Waals surface area contributed by atoms with Gasteiger partial charge in [0.15, 0.2) is 0 Å². The highest BCUT2D eigenvalue weighted by molar-refractivity contribution is 8.00. The Bertz CT molecular complexity index is 596. The van der Waals surface area contributed by atoms with Gasteiger partial charge >= 0.3 is 0 Å². The molecule has 0 bridgehead atoms. The van der Waals surface area contributed by atoms with E-state index in [2.05, 4.69) is 5.10 Å². The number of nitrogens with zero attached hydrogens (tertiary/aromatic N) is 3. The van der Waals surface area contributed by atoms with Crippen molar-refractivity contribution in [2.75, 3.05) is 11.4 Å². The molecule has 0 fully saturated rings. The largest absolute Gasteiger partial charge is 0.296 e. The fraction of sp³-hybridized carbons (Fsp3) is 0.333. The number of anilines is 1. The lowest BCUT2D eigenvalue weighted by Crippen LogP contribution is -2.41. The van der Waals surface area contributed by atoms with Crippen LogP contribution < -0.4 is 4.90 Å². The Kier molecular flexibility index (Phi) is 3.78. The minimum absolute atomic E-state index is 0.0983. The van der Waals surface area contributed by atoms with E-state index in [4.69, 9.17) is 0 Å². The predicted molar refractivity (Wildman–Crippen MR) is 81.0 cm³/mol. The number of hydrogen-bond acceptors (Lipinski definition) is 3. The zero-order chi connectivity index (χ0) is 13.9. The molecule has 20 heavy (non-hydrogen) atoms. The Morgan fingerprint density at radius 1 is 1.25 bits per heavy atom. The molecule has 5 heteroatoms. The van der Waals surface area contributed by atoms with Gasteiger partial charge in [-0.15, -0.1) is 11.8 Å². The van der Waals surface area contributed by atoms with Crippen LogP contribution >= 0.6 is 11.8 Å². The number of rotatable bonds is 3. The van der Waals surface area contributed by atoms with Crippen LogP contribution in [0.4, 0.5) is 5.82 Å². The molecule has 1 aromatic carbocycles. The molecular weight excluding hydrogens is 270 g/mol. The first-order valence-corrected chi connectivity index (χ1v) is 7.68. The Morgan fingerprint density at radius 2 is 2.05 bits per heavy atom. The highest BCUT2D eigenvalue weighted by Gasteiger charge is 2.27. The van der Waals surface area contributed by atoms with Gasteiger partial charge in [0.2, 0.25) is 5.91 Å². The molecule has 0 aliphatic carbocycles. The van der Waals surface area contributed by atoms with E-state index in [-0.39, 0.29) is 11.2 Å². The fourth-order valence-corrected chi connectivity index (χ4v) is 3.37. The van der Waals surface area contributed by atoms with Crippen molar-refractivity contribution in [1.82, 2.24) is 9.78 Å². The number of carbonyl (C=O) groups excluding carboxylic acids is 1. The maximum atomic E-state index is 12.6. The third-order valence-corrected chi connectivity index (χ3v) is 4.49. The number of amides is 1. The maximum absolute atomic E-state index is 12.6. The van der Waals surface area contributed by atoms with Crippen LogP contribution in [0.25, 0.3) is 0 Å². The highest BCUT2D eigenvalue weighted by Crippen LogP contribution is 2.27. The van der Waals surface area contributed by atoms with Gasteiger partial charge in [0, 0.05) is 24.1 Å². The Balaban J connectivity index is 1.74. The summed E-state index contributed by atoms with van der Waals surface area (Å²) in [4.78, 5) is 15.6. The molecule has 1 aliphatic heterocycles. The summed E-state index contributed by atoms with van der Waals surface area (Å²) in [5.41, 5.74) is 0. The first kappa shape index (κ1) is 13.2. The third kappa shape index (κ3) is 2.58. The van der Waals surface area contributed by atoms with E-state index < -0.39 is 0 Å². The molecule has 1 amide bonds. The minimum Gasteiger partial charge on any atom is -0.296 e. The van der Waals surface area contributed by atoms with Crippen molar-refractivity contribution >= 4 is 23.5 Å². The van der Waals surface area contributed by atoms with E-state index in [9.17, 15) is 4.79 Å². The van der Waals surface area contributed by atoms with Gasteiger partial charge in [-0.1, -0.05) is 18.2 Å². The van der Waals surface area contributed by atoms with E-state index in [1.165, 1.54) is 0 Å². The first-order chi connectivity index (χ1) is 9.75. The average molecular weight is 287 g/mol. The summed E-state index contributed by atoms with van der Waals surface area (Å²) in [5.74, 6) is 1.07. The number of thioether (sulfide) groups is 1. The van der Waals surface area contributed by atoms with Crippen LogP contribution in [0.15, 0.2) is 47.5 Å². The molecule has 104 valence electrons. The molecule has 2 heterocycles. The van der Waals surface area contributed by atoms with Gasteiger partial charge in [-0.2, -0.15) is 5.10 Å². The Labute approximate surface area is 122 Å². The van der Waals surface area contributed by atoms with Crippen molar-refractivity contribution in [2.24, 2.45) is 0 Å². The monoisotopic (exact) mass is 287 g/mol. The SMILES string of the molecule is CC(Sc1ccccc1)C(=O)N1CCCn2nccc21. The summed E-state index contributed by atoms with van der Waals surface area (Å²) in [5, 5.41) is 4.15. The highest BCUT2D eigenvalue weighted by atomic mass is 32.2. The van der Waals surface area contributed by atoms with Gasteiger partial charge in [-0.3, -0.25) is 9.69 Å². The summed E-state index contributed by atoms with van der Waals surface area (Å²) in [7, 11) is 0. The molecule has 0 saturated heterocycles. The summed E-state index contributed by atoms with van der Waals surface area (Å²) >= 11 is 1.60. The summed E-state index contributed by atoms with van der Waals surface area (Å²) in [6.45, 7) is 3.64. The molecular formula is C15H17N3OS. The zero-order valence-corrected chi connectivity index (χ0v) is 12.2. The van der Waals surface area contributed by atoms with Gasteiger partial charge in [0.05, 0.1) is 11.4 Å². The van der Waals surface area contributed by atoms with E-state index in [1.54, 1.807) is 18.0 Å². The lowest BCUT2D eigenvalue weighted by Gasteiger charge is -2.29. The second kappa shape index (κ2) is 5.71. The number of aryl methyl sites for hydroxylation is 1. The second-order valence-corrected chi connectivity index (χ2v) is 6.24. The molecule has 1 atom stereocenters. The average Bonchev–Trinajstić information content (AvgIpc) is 2.96. The first-order valence-electron chi connectivity index (χ1n) is 6.80. The van der Waals surface area contributed by atoms with Crippen molar-refractivity contribution in [3.05, 3.63) is 42.6 Å². The number of aromatic nitrogens is 2. The van der Waals surface area contributed by atoms with E-state index in [1.807, 2.05) is 52.9 Å². The molecule has 0 N–H and O–H groups in total. The van der Waals surface area contributed by atoms with Crippen LogP contribution in [0.2, 0.25) is 0 Å². The minimum atomic E-state index is -0.0983. The molecule has 1 aromatic heterocycles. The van der Waals surface area contributed by atoms with E-state index in [0.717, 1.165) is 30.2 Å². The molecule has 1 unspecified atom stereocenters. The van der Waals surface area contributed by atoms with Crippen LogP contribution in [0, 0.1) is 0 Å². The summed E-state index contributed by atoms with van der Waals surface area (Å²) < 4.78 is 1.90. The van der Waals surface area contributed by atoms with Gasteiger partial charge in [-0.25, -0.2) is 4.68 Å². The van der Waals surface area contributed by atoms with Crippen molar-refractivity contribution in [3.63, 3.8) is 0 Å². The van der Waals surface area contributed by atoms with Crippen LogP contribution in [0.5, 0.6) is 0 Å². The standard InChI is InChI=1S/C15H17N3OS/c1-12(20-13-6-3-2-4-7-13)15(19)17-10-5-11-18-14(17)8-9-16-18/h2-4,6-9,12H,5,10-11H2,1H3. The number of carbonyl (C=O) groups is 1. The molecule has 4 nitrogen and oxygen atoms in total. The van der Waals surface area contributed by atoms with Gasteiger partial charge < -0.3 is 0 Å². The van der Waals surface area contributed by atoms with Gasteiger partial charge in [-0.05, 0) is 25.5 Å². The van der Waals surface area contributed by atoms with Crippen molar-refractivity contribution < 1.29 is 4.79 Å². The molecule has 2 aromatic rings. The van der Waals surface area contributed by atoms with Crippen LogP contribution in [0.1, 0.15) is 13.3 Å². The van der Waals surface area contributed by atoms with Crippen LogP contribution in [0.3, 0.4) is 0 Å². The van der Waals surface area contributed by atoms with Crippen LogP contribution in [-0.4, -0.2) is 27.5 Å². The second-order valence-electron chi connectivity index (χ2n) is 4.83. The smallest absolute Gasteiger partial charge is 0.241 e. The third-order valence-electron chi connectivity index (χ3n) is 3.39. The van der Waals surface area contributed by atoms with Crippen molar-refractivity contribution in [3.8, 4) is 0 Å². The number of hydrogen-bond donors (Lipinski definition) is 0. The lowest BCUT2D eigenvalue weighted by atomic mass is 10.3. The predicted octanol–water partition coefficient (Wildman–Crippen LogP) is 2.80. The number of fused-ring (bicyclic) bond motifs is 1. The topological polar surface area (TPSA) is 38.1 Å². The molecule has 1 aliphatic rings. The summed E-state index contributed by atoms with van der Waals surface area (Å²) in [6, 6.07) is 12.0. The van der Waals surface area contributed by atoms with Gasteiger partial charge in [0.25, 0.3) is 0 Å². The zero-order valence-electron chi connectivity index (χ0n) is 11.4. The van der Waals surface area contributed by atoms with Crippen LogP contribution in [-0.2, 0) is 11.3 Å². The Morgan fingerprint density at radius 3 is 2.85 bits per heavy atom. The van der Waals surface area contributed by atoms with Crippen molar-refractivity contribution in [2.45, 2.75) is 30.0 Å². The quantitative estimate of drug-likeness (QED) is 0.815. The van der Waals surface area contributed by atoms with Crippen molar-refractivity contribution in [1.29, 1.82) is 0 Å².